The fourth-order valence-corrected chi connectivity index (χ4v) is 2.29. The molecule has 0 spiro atoms. The van der Waals surface area contributed by atoms with E-state index in [1.807, 2.05) is 13.8 Å². The molecule has 0 unspecified atom stereocenters. The molecule has 2 heterocycles. The third-order valence-electron chi connectivity index (χ3n) is 2.72. The minimum absolute atomic E-state index is 0.402. The Balaban J connectivity index is 2.60. The molecule has 0 saturated heterocycles. The van der Waals surface area contributed by atoms with Crippen LogP contribution in [0.4, 0.5) is 5.82 Å². The van der Waals surface area contributed by atoms with Crippen molar-refractivity contribution in [1.82, 2.24) is 15.0 Å². The molecular formula is C12H13Cl2N5. The van der Waals surface area contributed by atoms with Gasteiger partial charge in [-0.3, -0.25) is 0 Å². The van der Waals surface area contributed by atoms with Crippen LogP contribution in [0.15, 0.2) is 12.3 Å². The molecule has 0 aliphatic carbocycles. The summed E-state index contributed by atoms with van der Waals surface area (Å²) in [5.74, 6) is 6.49. The van der Waals surface area contributed by atoms with Gasteiger partial charge in [-0.1, -0.05) is 30.1 Å². The van der Waals surface area contributed by atoms with E-state index in [0.29, 0.717) is 27.4 Å². The lowest BCUT2D eigenvalue weighted by molar-refractivity contribution is 0.989. The predicted octanol–water partition coefficient (Wildman–Crippen LogP) is 3.00. The average molecular weight is 298 g/mol. The Morgan fingerprint density at radius 1 is 1.32 bits per heavy atom. The van der Waals surface area contributed by atoms with Crippen LogP contribution in [0, 0.1) is 6.92 Å². The normalized spacial score (nSPS) is 10.6. The van der Waals surface area contributed by atoms with E-state index in [2.05, 4.69) is 20.4 Å². The quantitative estimate of drug-likeness (QED) is 0.673. The van der Waals surface area contributed by atoms with Crippen LogP contribution in [0.1, 0.15) is 18.2 Å². The van der Waals surface area contributed by atoms with Gasteiger partial charge in [0.2, 0.25) is 0 Å². The summed E-state index contributed by atoms with van der Waals surface area (Å²) in [5, 5.41) is 0.868. The summed E-state index contributed by atoms with van der Waals surface area (Å²) in [7, 11) is 0. The highest BCUT2D eigenvalue weighted by molar-refractivity contribution is 6.35. The van der Waals surface area contributed by atoms with Crippen molar-refractivity contribution in [3.05, 3.63) is 33.6 Å². The minimum Gasteiger partial charge on any atom is -0.308 e. The number of rotatable bonds is 3. The van der Waals surface area contributed by atoms with Crippen molar-refractivity contribution in [2.75, 3.05) is 5.43 Å². The first kappa shape index (κ1) is 14.0. The Morgan fingerprint density at radius 2 is 2.05 bits per heavy atom. The number of hydrogen-bond acceptors (Lipinski definition) is 5. The molecule has 0 bridgehead atoms. The van der Waals surface area contributed by atoms with E-state index in [-0.39, 0.29) is 0 Å². The standard InChI is InChI=1S/C12H13Cl2N5/c1-3-8-6(2)17-12(18-11(8)19-15)10-9(14)4-7(13)5-16-10/h4-5H,3,15H2,1-2H3,(H,17,18,19). The maximum absolute atomic E-state index is 6.11. The number of halogens is 2. The molecule has 2 rings (SSSR count). The molecule has 3 N–H and O–H groups in total. The molecule has 100 valence electrons. The molecule has 0 aliphatic heterocycles. The van der Waals surface area contributed by atoms with Crippen LogP contribution in [-0.4, -0.2) is 15.0 Å². The van der Waals surface area contributed by atoms with Crippen molar-refractivity contribution < 1.29 is 0 Å². The van der Waals surface area contributed by atoms with Crippen LogP contribution in [0.5, 0.6) is 0 Å². The number of nitrogens with one attached hydrogen (secondary N) is 1. The lowest BCUT2D eigenvalue weighted by atomic mass is 10.1. The topological polar surface area (TPSA) is 76.7 Å². The van der Waals surface area contributed by atoms with E-state index in [0.717, 1.165) is 17.7 Å². The lowest BCUT2D eigenvalue weighted by Gasteiger charge is -2.11. The molecule has 0 amide bonds. The third-order valence-corrected chi connectivity index (χ3v) is 3.22. The van der Waals surface area contributed by atoms with Crippen LogP contribution < -0.4 is 11.3 Å². The maximum Gasteiger partial charge on any atom is 0.182 e. The third kappa shape index (κ3) is 2.78. The zero-order valence-corrected chi connectivity index (χ0v) is 12.0. The summed E-state index contributed by atoms with van der Waals surface area (Å²) >= 11 is 11.9. The number of aromatic nitrogens is 3. The Labute approximate surface area is 121 Å². The molecular weight excluding hydrogens is 285 g/mol. The predicted molar refractivity (Wildman–Crippen MR) is 77.2 cm³/mol. The molecule has 2 aromatic rings. The summed E-state index contributed by atoms with van der Waals surface area (Å²) in [6, 6.07) is 1.60. The molecule has 0 aliphatic rings. The highest BCUT2D eigenvalue weighted by atomic mass is 35.5. The number of hydrazine groups is 1. The molecule has 0 fully saturated rings. The second kappa shape index (κ2) is 5.69. The first-order valence-corrected chi connectivity index (χ1v) is 6.48. The second-order valence-electron chi connectivity index (χ2n) is 3.94. The fourth-order valence-electron chi connectivity index (χ4n) is 1.82. The van der Waals surface area contributed by atoms with Crippen molar-refractivity contribution in [2.24, 2.45) is 5.84 Å². The van der Waals surface area contributed by atoms with Gasteiger partial charge in [-0.15, -0.1) is 0 Å². The zero-order valence-electron chi connectivity index (χ0n) is 10.5. The molecule has 0 radical (unpaired) electrons. The van der Waals surface area contributed by atoms with Gasteiger partial charge in [0.15, 0.2) is 5.82 Å². The van der Waals surface area contributed by atoms with Crippen LogP contribution in [0.3, 0.4) is 0 Å². The van der Waals surface area contributed by atoms with E-state index in [1.165, 1.54) is 6.20 Å². The number of pyridine rings is 1. The summed E-state index contributed by atoms with van der Waals surface area (Å²) in [5.41, 5.74) is 4.87. The molecule has 0 saturated carbocycles. The minimum atomic E-state index is 0.402. The van der Waals surface area contributed by atoms with Crippen LogP contribution in [-0.2, 0) is 6.42 Å². The van der Waals surface area contributed by atoms with Crippen molar-refractivity contribution >= 4 is 29.0 Å². The van der Waals surface area contributed by atoms with Gasteiger partial charge in [-0.25, -0.2) is 20.8 Å². The van der Waals surface area contributed by atoms with Crippen LogP contribution >= 0.6 is 23.2 Å². The van der Waals surface area contributed by atoms with Gasteiger partial charge >= 0.3 is 0 Å². The van der Waals surface area contributed by atoms with Gasteiger partial charge < -0.3 is 5.43 Å². The second-order valence-corrected chi connectivity index (χ2v) is 4.79. The lowest BCUT2D eigenvalue weighted by Crippen LogP contribution is -2.13. The summed E-state index contributed by atoms with van der Waals surface area (Å²) in [6.07, 6.45) is 2.29. The first-order chi connectivity index (χ1) is 9.06. The highest BCUT2D eigenvalue weighted by Gasteiger charge is 2.14. The molecule has 0 atom stereocenters. The Hall–Kier alpha value is -1.43. The number of nitrogens with zero attached hydrogens (tertiary/aromatic N) is 3. The van der Waals surface area contributed by atoms with Crippen molar-refractivity contribution in [1.29, 1.82) is 0 Å². The first-order valence-electron chi connectivity index (χ1n) is 5.72. The highest BCUT2D eigenvalue weighted by Crippen LogP contribution is 2.27. The van der Waals surface area contributed by atoms with Crippen LogP contribution in [0.2, 0.25) is 10.0 Å². The summed E-state index contributed by atoms with van der Waals surface area (Å²) in [4.78, 5) is 12.9. The van der Waals surface area contributed by atoms with E-state index in [4.69, 9.17) is 29.0 Å². The number of hydrogen-bond donors (Lipinski definition) is 2. The van der Waals surface area contributed by atoms with Gasteiger partial charge in [-0.05, 0) is 19.4 Å². The van der Waals surface area contributed by atoms with E-state index in [9.17, 15) is 0 Å². The van der Waals surface area contributed by atoms with Gasteiger partial charge in [0.25, 0.3) is 0 Å². The smallest absolute Gasteiger partial charge is 0.182 e. The SMILES string of the molecule is CCc1c(C)nc(-c2ncc(Cl)cc2Cl)nc1NN. The molecule has 19 heavy (non-hydrogen) atoms. The molecule has 0 aromatic carbocycles. The van der Waals surface area contributed by atoms with E-state index < -0.39 is 0 Å². The van der Waals surface area contributed by atoms with Gasteiger partial charge in [0, 0.05) is 17.5 Å². The fraction of sp³-hybridized carbons (Fsp3) is 0.250. The van der Waals surface area contributed by atoms with Crippen molar-refractivity contribution in [3.8, 4) is 11.5 Å². The van der Waals surface area contributed by atoms with Crippen molar-refractivity contribution in [3.63, 3.8) is 0 Å². The number of nitrogen functional groups attached to an aromatic ring is 1. The number of aryl methyl sites for hydroxylation is 1. The van der Waals surface area contributed by atoms with Crippen molar-refractivity contribution in [2.45, 2.75) is 20.3 Å². The Kier molecular flexibility index (Phi) is 4.19. The summed E-state index contributed by atoms with van der Waals surface area (Å²) in [6.45, 7) is 3.91. The molecule has 2 aromatic heterocycles. The van der Waals surface area contributed by atoms with Gasteiger partial charge in [-0.2, -0.15) is 0 Å². The van der Waals surface area contributed by atoms with E-state index in [1.54, 1.807) is 6.07 Å². The average Bonchev–Trinajstić information content (AvgIpc) is 2.37. The van der Waals surface area contributed by atoms with Gasteiger partial charge in [0.05, 0.1) is 10.0 Å². The van der Waals surface area contributed by atoms with Crippen LogP contribution in [0.25, 0.3) is 11.5 Å². The maximum atomic E-state index is 6.11. The zero-order chi connectivity index (χ0) is 14.0. The Bertz CT molecular complexity index is 615. The molecule has 5 nitrogen and oxygen atoms in total. The monoisotopic (exact) mass is 297 g/mol. The molecule has 7 heteroatoms. The summed E-state index contributed by atoms with van der Waals surface area (Å²) < 4.78 is 0. The number of anilines is 1. The van der Waals surface area contributed by atoms with Gasteiger partial charge in [0.1, 0.15) is 11.5 Å². The Morgan fingerprint density at radius 3 is 2.63 bits per heavy atom. The van der Waals surface area contributed by atoms with E-state index >= 15 is 0 Å². The largest absolute Gasteiger partial charge is 0.308 e. The number of nitrogens with two attached hydrogens (primary N) is 1.